The fourth-order valence-electron chi connectivity index (χ4n) is 2.10. The van der Waals surface area contributed by atoms with Crippen LogP contribution in [0.2, 0.25) is 0 Å². The van der Waals surface area contributed by atoms with Crippen LogP contribution in [0.25, 0.3) is 0 Å². The molecule has 0 spiro atoms. The topological polar surface area (TPSA) is 41.1 Å². The summed E-state index contributed by atoms with van der Waals surface area (Å²) in [6.07, 6.45) is 0.729. The Labute approximate surface area is 128 Å². The van der Waals surface area contributed by atoms with Crippen LogP contribution in [0.15, 0.2) is 42.5 Å². The van der Waals surface area contributed by atoms with Crippen LogP contribution in [0, 0.1) is 18.6 Å². The highest BCUT2D eigenvalue weighted by atomic mass is 19.1. The number of halogens is 2. The Morgan fingerprint density at radius 1 is 1.14 bits per heavy atom. The number of aryl methyl sites for hydroxylation is 1. The van der Waals surface area contributed by atoms with Crippen LogP contribution in [0.3, 0.4) is 0 Å². The zero-order valence-electron chi connectivity index (χ0n) is 12.3. The molecule has 0 aliphatic rings. The van der Waals surface area contributed by atoms with Crippen molar-refractivity contribution in [2.24, 2.45) is 0 Å². The van der Waals surface area contributed by atoms with E-state index >= 15 is 0 Å². The van der Waals surface area contributed by atoms with Crippen molar-refractivity contribution >= 4 is 11.6 Å². The summed E-state index contributed by atoms with van der Waals surface area (Å²) in [7, 11) is 0. The van der Waals surface area contributed by atoms with E-state index in [4.69, 9.17) is 0 Å². The molecule has 5 heteroatoms. The van der Waals surface area contributed by atoms with Gasteiger partial charge in [-0.15, -0.1) is 0 Å². The van der Waals surface area contributed by atoms with Crippen molar-refractivity contribution in [2.75, 3.05) is 18.4 Å². The summed E-state index contributed by atoms with van der Waals surface area (Å²) in [4.78, 5) is 11.7. The first-order valence-corrected chi connectivity index (χ1v) is 7.06. The smallest absolute Gasteiger partial charge is 0.239 e. The number of nitrogens with one attached hydrogen (secondary N) is 2. The van der Waals surface area contributed by atoms with E-state index in [2.05, 4.69) is 10.6 Å². The number of rotatable bonds is 6. The third kappa shape index (κ3) is 4.55. The molecule has 0 saturated carbocycles. The predicted molar refractivity (Wildman–Crippen MR) is 82.7 cm³/mol. The second-order valence-corrected chi connectivity index (χ2v) is 5.00. The SMILES string of the molecule is Cc1ccccc1CCNC(=O)CNc1cc(F)ccc1F. The molecule has 0 unspecified atom stereocenters. The molecular weight excluding hydrogens is 286 g/mol. The molecule has 2 aromatic carbocycles. The number of anilines is 1. The molecular formula is C17H18F2N2O. The molecule has 0 aromatic heterocycles. The first-order chi connectivity index (χ1) is 10.6. The van der Waals surface area contributed by atoms with Gasteiger partial charge in [-0.3, -0.25) is 4.79 Å². The molecule has 0 fully saturated rings. The quantitative estimate of drug-likeness (QED) is 0.861. The van der Waals surface area contributed by atoms with Crippen LogP contribution in [-0.4, -0.2) is 19.0 Å². The van der Waals surface area contributed by atoms with E-state index in [-0.39, 0.29) is 18.1 Å². The van der Waals surface area contributed by atoms with Crippen LogP contribution in [0.4, 0.5) is 14.5 Å². The van der Waals surface area contributed by atoms with Gasteiger partial charge in [0.1, 0.15) is 11.6 Å². The minimum absolute atomic E-state index is 0.0194. The number of hydrogen-bond donors (Lipinski definition) is 2. The fraction of sp³-hybridized carbons (Fsp3) is 0.235. The van der Waals surface area contributed by atoms with Crippen LogP contribution >= 0.6 is 0 Å². The highest BCUT2D eigenvalue weighted by Crippen LogP contribution is 2.14. The van der Waals surface area contributed by atoms with Gasteiger partial charge in [-0.05, 0) is 42.7 Å². The van der Waals surface area contributed by atoms with Crippen molar-refractivity contribution in [2.45, 2.75) is 13.3 Å². The third-order valence-electron chi connectivity index (χ3n) is 3.35. The summed E-state index contributed by atoms with van der Waals surface area (Å²) >= 11 is 0. The van der Waals surface area contributed by atoms with Crippen molar-refractivity contribution < 1.29 is 13.6 Å². The maximum atomic E-state index is 13.4. The molecule has 0 atom stereocenters. The molecule has 22 heavy (non-hydrogen) atoms. The minimum atomic E-state index is -0.589. The molecule has 2 N–H and O–H groups in total. The van der Waals surface area contributed by atoms with Gasteiger partial charge >= 0.3 is 0 Å². The molecule has 0 bridgehead atoms. The van der Waals surface area contributed by atoms with Gasteiger partial charge in [0.25, 0.3) is 0 Å². The van der Waals surface area contributed by atoms with Gasteiger partial charge in [0.2, 0.25) is 5.91 Å². The molecule has 116 valence electrons. The number of benzene rings is 2. The Hall–Kier alpha value is -2.43. The summed E-state index contributed by atoms with van der Waals surface area (Å²) in [6, 6.07) is 11.0. The average Bonchev–Trinajstić information content (AvgIpc) is 2.50. The van der Waals surface area contributed by atoms with Crippen molar-refractivity contribution in [3.05, 3.63) is 65.2 Å². The zero-order valence-corrected chi connectivity index (χ0v) is 12.3. The van der Waals surface area contributed by atoms with Crippen molar-refractivity contribution in [3.63, 3.8) is 0 Å². The minimum Gasteiger partial charge on any atom is -0.374 e. The Morgan fingerprint density at radius 3 is 2.68 bits per heavy atom. The van der Waals surface area contributed by atoms with Crippen molar-refractivity contribution in [3.8, 4) is 0 Å². The second-order valence-electron chi connectivity index (χ2n) is 5.00. The van der Waals surface area contributed by atoms with E-state index in [9.17, 15) is 13.6 Å². The van der Waals surface area contributed by atoms with Crippen LogP contribution in [0.5, 0.6) is 0 Å². The maximum Gasteiger partial charge on any atom is 0.239 e. The Balaban J connectivity index is 1.76. The summed E-state index contributed by atoms with van der Waals surface area (Å²) < 4.78 is 26.4. The standard InChI is InChI=1S/C17H18F2N2O/c1-12-4-2-3-5-13(12)8-9-20-17(22)11-21-16-10-14(18)6-7-15(16)19/h2-7,10,21H,8-9,11H2,1H3,(H,20,22). The summed E-state index contributed by atoms with van der Waals surface area (Å²) in [5.74, 6) is -1.41. The summed E-state index contributed by atoms with van der Waals surface area (Å²) in [6.45, 7) is 2.41. The van der Waals surface area contributed by atoms with E-state index in [1.165, 1.54) is 11.1 Å². The van der Waals surface area contributed by atoms with Gasteiger partial charge in [-0.25, -0.2) is 8.78 Å². The predicted octanol–water partition coefficient (Wildman–Crippen LogP) is 3.04. The molecule has 2 aromatic rings. The van der Waals surface area contributed by atoms with E-state index in [1.54, 1.807) is 0 Å². The molecule has 1 amide bonds. The van der Waals surface area contributed by atoms with Gasteiger partial charge in [0.05, 0.1) is 12.2 Å². The number of amides is 1. The van der Waals surface area contributed by atoms with E-state index in [0.29, 0.717) is 6.54 Å². The summed E-state index contributed by atoms with van der Waals surface area (Å²) in [5.41, 5.74) is 2.33. The van der Waals surface area contributed by atoms with Crippen LogP contribution < -0.4 is 10.6 Å². The second kappa shape index (κ2) is 7.54. The molecule has 0 saturated heterocycles. The average molecular weight is 304 g/mol. The van der Waals surface area contributed by atoms with Crippen LogP contribution in [-0.2, 0) is 11.2 Å². The third-order valence-corrected chi connectivity index (χ3v) is 3.35. The molecule has 0 heterocycles. The van der Waals surface area contributed by atoms with Crippen LogP contribution in [0.1, 0.15) is 11.1 Å². The van der Waals surface area contributed by atoms with Crippen molar-refractivity contribution in [1.29, 1.82) is 0 Å². The van der Waals surface area contributed by atoms with Crippen molar-refractivity contribution in [1.82, 2.24) is 5.32 Å². The highest BCUT2D eigenvalue weighted by Gasteiger charge is 2.06. The lowest BCUT2D eigenvalue weighted by Crippen LogP contribution is -2.31. The maximum absolute atomic E-state index is 13.4. The normalized spacial score (nSPS) is 10.3. The Kier molecular flexibility index (Phi) is 5.47. The van der Waals surface area contributed by atoms with Gasteiger partial charge in [-0.2, -0.15) is 0 Å². The van der Waals surface area contributed by atoms with Gasteiger partial charge in [-0.1, -0.05) is 24.3 Å². The molecule has 3 nitrogen and oxygen atoms in total. The number of carbonyl (C=O) groups excluding carboxylic acids is 1. The molecule has 0 aliphatic carbocycles. The zero-order chi connectivity index (χ0) is 15.9. The highest BCUT2D eigenvalue weighted by molar-refractivity contribution is 5.80. The van der Waals surface area contributed by atoms with Gasteiger partial charge in [0, 0.05) is 6.54 Å². The first-order valence-electron chi connectivity index (χ1n) is 7.06. The molecule has 2 rings (SSSR count). The lowest BCUT2D eigenvalue weighted by atomic mass is 10.1. The van der Waals surface area contributed by atoms with Gasteiger partial charge < -0.3 is 10.6 Å². The van der Waals surface area contributed by atoms with E-state index < -0.39 is 11.6 Å². The Morgan fingerprint density at radius 2 is 1.91 bits per heavy atom. The van der Waals surface area contributed by atoms with E-state index in [0.717, 1.165) is 24.6 Å². The largest absolute Gasteiger partial charge is 0.374 e. The molecule has 0 radical (unpaired) electrons. The van der Waals surface area contributed by atoms with E-state index in [1.807, 2.05) is 31.2 Å². The number of hydrogen-bond acceptors (Lipinski definition) is 2. The summed E-state index contributed by atoms with van der Waals surface area (Å²) in [5, 5.41) is 5.33. The molecule has 0 aliphatic heterocycles. The Bertz CT molecular complexity index is 659. The lowest BCUT2D eigenvalue weighted by molar-refractivity contribution is -0.119. The lowest BCUT2D eigenvalue weighted by Gasteiger charge is -2.09. The van der Waals surface area contributed by atoms with Gasteiger partial charge in [0.15, 0.2) is 0 Å². The monoisotopic (exact) mass is 304 g/mol. The number of carbonyl (C=O) groups is 1. The fourth-order valence-corrected chi connectivity index (χ4v) is 2.10. The first kappa shape index (κ1) is 15.9.